The highest BCUT2D eigenvalue weighted by Crippen LogP contribution is 2.37. The highest BCUT2D eigenvalue weighted by atomic mass is 35.5. The van der Waals surface area contributed by atoms with Gasteiger partial charge in [0, 0.05) is 23.2 Å². The van der Waals surface area contributed by atoms with Crippen molar-refractivity contribution in [3.63, 3.8) is 0 Å². The lowest BCUT2D eigenvalue weighted by molar-refractivity contribution is -0.120. The molecule has 4 heteroatoms. The van der Waals surface area contributed by atoms with E-state index in [0.717, 1.165) is 29.8 Å². The van der Waals surface area contributed by atoms with Crippen molar-refractivity contribution in [3.8, 4) is 5.75 Å². The Bertz CT molecular complexity index is 669. The number of ether oxygens (including phenoxy) is 1. The van der Waals surface area contributed by atoms with E-state index in [1.54, 1.807) is 7.11 Å². The fourth-order valence-electron chi connectivity index (χ4n) is 2.95. The Hall–Kier alpha value is -2.00. The van der Waals surface area contributed by atoms with Crippen molar-refractivity contribution in [2.24, 2.45) is 0 Å². The van der Waals surface area contributed by atoms with Gasteiger partial charge in [0.05, 0.1) is 13.2 Å². The number of carbonyl (C=O) groups is 1. The van der Waals surface area contributed by atoms with Crippen LogP contribution in [0, 0.1) is 0 Å². The quantitative estimate of drug-likeness (QED) is 0.828. The van der Waals surface area contributed by atoms with E-state index in [-0.39, 0.29) is 11.9 Å². The third-order valence-corrected chi connectivity index (χ3v) is 4.29. The number of hydrogen-bond acceptors (Lipinski definition) is 2. The van der Waals surface area contributed by atoms with Gasteiger partial charge in [-0.15, -0.1) is 0 Å². The average molecular weight is 316 g/mol. The number of halogens is 1. The number of hydrogen-bond donors (Lipinski definition) is 0. The summed E-state index contributed by atoms with van der Waals surface area (Å²) in [6.45, 7) is 0. The van der Waals surface area contributed by atoms with Crippen molar-refractivity contribution in [2.45, 2.75) is 25.3 Å². The van der Waals surface area contributed by atoms with Crippen LogP contribution < -0.4 is 9.64 Å². The smallest absolute Gasteiger partial charge is 0.227 e. The molecule has 0 aliphatic carbocycles. The first-order valence-electron chi connectivity index (χ1n) is 7.40. The SMILES string of the molecule is COc1cccc(N2C(=O)CCCC2c2ccc(Cl)cc2)c1. The van der Waals surface area contributed by atoms with Gasteiger partial charge in [0.15, 0.2) is 0 Å². The summed E-state index contributed by atoms with van der Waals surface area (Å²) in [7, 11) is 1.63. The summed E-state index contributed by atoms with van der Waals surface area (Å²) >= 11 is 5.98. The van der Waals surface area contributed by atoms with Gasteiger partial charge in [-0.1, -0.05) is 29.8 Å². The van der Waals surface area contributed by atoms with Crippen LogP contribution in [0.3, 0.4) is 0 Å². The van der Waals surface area contributed by atoms with Crippen LogP contribution in [-0.4, -0.2) is 13.0 Å². The Balaban J connectivity index is 1.99. The van der Waals surface area contributed by atoms with E-state index in [4.69, 9.17) is 16.3 Å². The van der Waals surface area contributed by atoms with Crippen molar-refractivity contribution in [2.75, 3.05) is 12.0 Å². The van der Waals surface area contributed by atoms with Crippen LogP contribution in [0.1, 0.15) is 30.9 Å². The van der Waals surface area contributed by atoms with Gasteiger partial charge in [0.1, 0.15) is 5.75 Å². The monoisotopic (exact) mass is 315 g/mol. The largest absolute Gasteiger partial charge is 0.497 e. The maximum absolute atomic E-state index is 12.5. The van der Waals surface area contributed by atoms with Gasteiger partial charge in [0.25, 0.3) is 0 Å². The normalized spacial score (nSPS) is 18.4. The molecule has 0 bridgehead atoms. The highest BCUT2D eigenvalue weighted by molar-refractivity contribution is 6.30. The van der Waals surface area contributed by atoms with Crippen molar-refractivity contribution in [1.82, 2.24) is 0 Å². The molecule has 22 heavy (non-hydrogen) atoms. The van der Waals surface area contributed by atoms with Crippen LogP contribution in [0.15, 0.2) is 48.5 Å². The molecule has 1 heterocycles. The molecule has 1 aliphatic heterocycles. The first-order valence-corrected chi connectivity index (χ1v) is 7.78. The molecular weight excluding hydrogens is 298 g/mol. The first-order chi connectivity index (χ1) is 10.7. The van der Waals surface area contributed by atoms with E-state index < -0.39 is 0 Å². The molecule has 1 fully saturated rings. The molecule has 0 N–H and O–H groups in total. The highest BCUT2D eigenvalue weighted by Gasteiger charge is 2.30. The lowest BCUT2D eigenvalue weighted by Gasteiger charge is -2.36. The zero-order valence-electron chi connectivity index (χ0n) is 12.5. The molecular formula is C18H18ClNO2. The van der Waals surface area contributed by atoms with Crippen molar-refractivity contribution < 1.29 is 9.53 Å². The Labute approximate surface area is 135 Å². The molecule has 2 aromatic rings. The second-order valence-corrected chi connectivity index (χ2v) is 5.86. The van der Waals surface area contributed by atoms with E-state index in [9.17, 15) is 4.79 Å². The molecule has 0 spiro atoms. The maximum Gasteiger partial charge on any atom is 0.227 e. The van der Waals surface area contributed by atoms with Gasteiger partial charge >= 0.3 is 0 Å². The summed E-state index contributed by atoms with van der Waals surface area (Å²) in [6, 6.07) is 15.5. The molecule has 3 nitrogen and oxygen atoms in total. The number of anilines is 1. The van der Waals surface area contributed by atoms with E-state index in [1.807, 2.05) is 53.4 Å². The number of amides is 1. The van der Waals surface area contributed by atoms with E-state index in [0.29, 0.717) is 11.4 Å². The van der Waals surface area contributed by atoms with Gasteiger partial charge in [0.2, 0.25) is 5.91 Å². The van der Waals surface area contributed by atoms with Crippen LogP contribution in [-0.2, 0) is 4.79 Å². The van der Waals surface area contributed by atoms with Gasteiger partial charge < -0.3 is 9.64 Å². The fourth-order valence-corrected chi connectivity index (χ4v) is 3.08. The minimum atomic E-state index is 0.0469. The minimum absolute atomic E-state index is 0.0469. The van der Waals surface area contributed by atoms with Crippen LogP contribution in [0.25, 0.3) is 0 Å². The minimum Gasteiger partial charge on any atom is -0.497 e. The molecule has 3 rings (SSSR count). The van der Waals surface area contributed by atoms with Crippen molar-refractivity contribution in [1.29, 1.82) is 0 Å². The fraction of sp³-hybridized carbons (Fsp3) is 0.278. The lowest BCUT2D eigenvalue weighted by atomic mass is 9.94. The van der Waals surface area contributed by atoms with E-state index >= 15 is 0 Å². The predicted octanol–water partition coefficient (Wildman–Crippen LogP) is 4.61. The summed E-state index contributed by atoms with van der Waals surface area (Å²) in [5.74, 6) is 0.908. The number of carbonyl (C=O) groups excluding carboxylic acids is 1. The molecule has 0 aromatic heterocycles. The standard InChI is InChI=1S/C18H18ClNO2/c1-22-16-5-2-4-15(12-16)20-17(6-3-7-18(20)21)13-8-10-14(19)11-9-13/h2,4-5,8-12,17H,3,6-7H2,1H3. The Morgan fingerprint density at radius 3 is 2.68 bits per heavy atom. The second kappa shape index (κ2) is 6.41. The molecule has 1 unspecified atom stereocenters. The third kappa shape index (κ3) is 2.95. The molecule has 2 aromatic carbocycles. The van der Waals surface area contributed by atoms with Crippen molar-refractivity contribution in [3.05, 3.63) is 59.1 Å². The first kappa shape index (κ1) is 14.9. The number of methoxy groups -OCH3 is 1. The molecule has 0 radical (unpaired) electrons. The van der Waals surface area contributed by atoms with Crippen LogP contribution >= 0.6 is 11.6 Å². The summed E-state index contributed by atoms with van der Waals surface area (Å²) in [5.41, 5.74) is 1.99. The van der Waals surface area contributed by atoms with E-state index in [1.165, 1.54) is 0 Å². The van der Waals surface area contributed by atoms with Crippen LogP contribution in [0.5, 0.6) is 5.75 Å². The van der Waals surface area contributed by atoms with Crippen LogP contribution in [0.4, 0.5) is 5.69 Å². The van der Waals surface area contributed by atoms with Crippen LogP contribution in [0.2, 0.25) is 5.02 Å². The zero-order valence-corrected chi connectivity index (χ0v) is 13.2. The molecule has 1 aliphatic rings. The lowest BCUT2D eigenvalue weighted by Crippen LogP contribution is -2.38. The summed E-state index contributed by atoms with van der Waals surface area (Å²) in [6.07, 6.45) is 2.44. The second-order valence-electron chi connectivity index (χ2n) is 5.42. The molecule has 0 saturated carbocycles. The number of piperidine rings is 1. The number of rotatable bonds is 3. The Kier molecular flexibility index (Phi) is 4.34. The Morgan fingerprint density at radius 1 is 1.18 bits per heavy atom. The molecule has 114 valence electrons. The topological polar surface area (TPSA) is 29.5 Å². The Morgan fingerprint density at radius 2 is 1.95 bits per heavy atom. The summed E-state index contributed by atoms with van der Waals surface area (Å²) in [5, 5.41) is 0.707. The summed E-state index contributed by atoms with van der Waals surface area (Å²) in [4.78, 5) is 14.4. The van der Waals surface area contributed by atoms with Gasteiger partial charge in [-0.05, 0) is 42.7 Å². The third-order valence-electron chi connectivity index (χ3n) is 4.03. The molecule has 1 saturated heterocycles. The van der Waals surface area contributed by atoms with Gasteiger partial charge in [-0.25, -0.2) is 0 Å². The number of benzene rings is 2. The molecule has 1 atom stereocenters. The zero-order chi connectivity index (χ0) is 15.5. The number of nitrogens with zero attached hydrogens (tertiary/aromatic N) is 1. The van der Waals surface area contributed by atoms with Gasteiger partial charge in [-0.3, -0.25) is 4.79 Å². The maximum atomic E-state index is 12.5. The molecule has 1 amide bonds. The predicted molar refractivity (Wildman–Crippen MR) is 88.5 cm³/mol. The van der Waals surface area contributed by atoms with E-state index in [2.05, 4.69) is 0 Å². The summed E-state index contributed by atoms with van der Waals surface area (Å²) < 4.78 is 5.28. The van der Waals surface area contributed by atoms with Crippen molar-refractivity contribution >= 4 is 23.2 Å². The van der Waals surface area contributed by atoms with Gasteiger partial charge in [-0.2, -0.15) is 0 Å². The average Bonchev–Trinajstić information content (AvgIpc) is 2.55.